The predicted molar refractivity (Wildman–Crippen MR) is 49.8 cm³/mol. The number of rotatable bonds is 1. The van der Waals surface area contributed by atoms with Crippen LogP contribution in [0, 0.1) is 0 Å². The van der Waals surface area contributed by atoms with Crippen molar-refractivity contribution in [2.45, 2.75) is 6.92 Å². The van der Waals surface area contributed by atoms with E-state index in [4.69, 9.17) is 11.6 Å². The van der Waals surface area contributed by atoms with Crippen molar-refractivity contribution >= 4 is 11.6 Å². The van der Waals surface area contributed by atoms with Crippen molar-refractivity contribution in [3.63, 3.8) is 0 Å². The van der Waals surface area contributed by atoms with E-state index in [1.807, 2.05) is 37.3 Å². The van der Waals surface area contributed by atoms with Crippen molar-refractivity contribution in [1.29, 1.82) is 0 Å². The first kappa shape index (κ1) is 10.2. The molecule has 0 unspecified atom stereocenters. The Morgan fingerprint density at radius 3 is 2.00 bits per heavy atom. The van der Waals surface area contributed by atoms with Gasteiger partial charge >= 0.3 is 0 Å². The molecular weight excluding hydrogens is 158 g/mol. The number of aromatic nitrogens is 1. The van der Waals surface area contributed by atoms with Crippen LogP contribution in [0.3, 0.4) is 0 Å². The molecule has 0 atom stereocenters. The summed E-state index contributed by atoms with van der Waals surface area (Å²) in [4.78, 5) is 3.78. The number of alkyl halides is 1. The Morgan fingerprint density at radius 1 is 1.27 bits per heavy atom. The molecule has 0 aromatic carbocycles. The lowest BCUT2D eigenvalue weighted by atomic mass is 10.5. The standard InChI is InChI=1S/C5H5N.C4H7Cl/c1-2-4-6-5-3-1;1-2-3-4-5/h1-5H;2-3H,4H2,1H3/b;3-2+. The van der Waals surface area contributed by atoms with Gasteiger partial charge in [-0.25, -0.2) is 0 Å². The molecule has 0 N–H and O–H groups in total. The van der Waals surface area contributed by atoms with Crippen LogP contribution in [-0.2, 0) is 0 Å². The van der Waals surface area contributed by atoms with Gasteiger partial charge in [0.1, 0.15) is 0 Å². The van der Waals surface area contributed by atoms with E-state index in [1.54, 1.807) is 12.4 Å². The highest BCUT2D eigenvalue weighted by atomic mass is 35.5. The Balaban J connectivity index is 0.000000187. The van der Waals surface area contributed by atoms with E-state index in [2.05, 4.69) is 4.98 Å². The van der Waals surface area contributed by atoms with Gasteiger partial charge in [-0.3, -0.25) is 4.98 Å². The lowest BCUT2D eigenvalue weighted by Gasteiger charge is -1.70. The van der Waals surface area contributed by atoms with Crippen molar-refractivity contribution in [3.8, 4) is 0 Å². The molecule has 1 heterocycles. The molecule has 0 fully saturated rings. The lowest BCUT2D eigenvalue weighted by Crippen LogP contribution is -1.58. The summed E-state index contributed by atoms with van der Waals surface area (Å²) in [6.45, 7) is 1.95. The summed E-state index contributed by atoms with van der Waals surface area (Å²) in [6.07, 6.45) is 7.31. The van der Waals surface area contributed by atoms with Crippen molar-refractivity contribution in [1.82, 2.24) is 4.98 Å². The molecular formula is C9H12ClN. The third-order valence-corrected chi connectivity index (χ3v) is 1.07. The highest BCUT2D eigenvalue weighted by Crippen LogP contribution is 1.74. The molecule has 0 radical (unpaired) electrons. The van der Waals surface area contributed by atoms with Crippen LogP contribution in [0.1, 0.15) is 6.92 Å². The first-order valence-electron chi connectivity index (χ1n) is 3.44. The number of halogens is 1. The van der Waals surface area contributed by atoms with E-state index in [0.717, 1.165) is 0 Å². The van der Waals surface area contributed by atoms with E-state index in [9.17, 15) is 0 Å². The van der Waals surface area contributed by atoms with Gasteiger partial charge in [-0.1, -0.05) is 18.2 Å². The molecule has 1 aromatic heterocycles. The van der Waals surface area contributed by atoms with Gasteiger partial charge in [0, 0.05) is 18.3 Å². The molecule has 0 saturated carbocycles. The quantitative estimate of drug-likeness (QED) is 0.466. The molecule has 60 valence electrons. The maximum absolute atomic E-state index is 5.21. The fourth-order valence-corrected chi connectivity index (χ4v) is 0.580. The van der Waals surface area contributed by atoms with Crippen LogP contribution in [0.25, 0.3) is 0 Å². The maximum atomic E-state index is 5.21. The minimum Gasteiger partial charge on any atom is -0.265 e. The zero-order valence-corrected chi connectivity index (χ0v) is 7.33. The van der Waals surface area contributed by atoms with Crippen LogP contribution < -0.4 is 0 Å². The Labute approximate surface area is 72.7 Å². The Bertz CT molecular complexity index is 145. The highest BCUT2D eigenvalue weighted by molar-refractivity contribution is 6.18. The number of allylic oxidation sites excluding steroid dienone is 2. The summed E-state index contributed by atoms with van der Waals surface area (Å²) in [5.74, 6) is 0.635. The topological polar surface area (TPSA) is 12.9 Å². The zero-order valence-electron chi connectivity index (χ0n) is 6.57. The Hall–Kier alpha value is -0.820. The minimum atomic E-state index is 0.635. The van der Waals surface area contributed by atoms with Crippen LogP contribution in [0.5, 0.6) is 0 Å². The van der Waals surface area contributed by atoms with Gasteiger partial charge in [-0.15, -0.1) is 11.6 Å². The molecule has 2 heteroatoms. The van der Waals surface area contributed by atoms with Crippen molar-refractivity contribution in [2.24, 2.45) is 0 Å². The number of hydrogen-bond donors (Lipinski definition) is 0. The van der Waals surface area contributed by atoms with E-state index >= 15 is 0 Å². The molecule has 0 saturated heterocycles. The third-order valence-electron chi connectivity index (χ3n) is 0.891. The molecule has 1 aromatic rings. The number of hydrogen-bond acceptors (Lipinski definition) is 1. The van der Waals surface area contributed by atoms with Gasteiger partial charge in [0.05, 0.1) is 0 Å². The second-order valence-corrected chi connectivity index (χ2v) is 2.06. The summed E-state index contributed by atoms with van der Waals surface area (Å²) >= 11 is 5.21. The molecule has 0 spiro atoms. The van der Waals surface area contributed by atoms with Gasteiger partial charge in [0.15, 0.2) is 0 Å². The monoisotopic (exact) mass is 169 g/mol. The molecule has 11 heavy (non-hydrogen) atoms. The summed E-state index contributed by atoms with van der Waals surface area (Å²) in [7, 11) is 0. The average Bonchev–Trinajstić information content (AvgIpc) is 2.10. The van der Waals surface area contributed by atoms with Crippen molar-refractivity contribution in [2.75, 3.05) is 5.88 Å². The largest absolute Gasteiger partial charge is 0.265 e. The molecule has 0 aliphatic carbocycles. The van der Waals surface area contributed by atoms with Crippen LogP contribution >= 0.6 is 11.6 Å². The highest BCUT2D eigenvalue weighted by Gasteiger charge is 1.58. The molecule has 0 aliphatic rings. The van der Waals surface area contributed by atoms with Crippen molar-refractivity contribution in [3.05, 3.63) is 42.7 Å². The Morgan fingerprint density at radius 2 is 1.91 bits per heavy atom. The fraction of sp³-hybridized carbons (Fsp3) is 0.222. The SMILES string of the molecule is C/C=C/CCl.c1ccncc1. The first-order valence-corrected chi connectivity index (χ1v) is 3.97. The normalized spacial score (nSPS) is 8.91. The maximum Gasteiger partial charge on any atom is 0.0404 e. The smallest absolute Gasteiger partial charge is 0.0404 e. The molecule has 0 amide bonds. The van der Waals surface area contributed by atoms with Gasteiger partial charge < -0.3 is 0 Å². The van der Waals surface area contributed by atoms with E-state index in [0.29, 0.717) is 5.88 Å². The minimum absolute atomic E-state index is 0.635. The summed E-state index contributed by atoms with van der Waals surface area (Å²) in [5.41, 5.74) is 0. The zero-order chi connectivity index (χ0) is 8.36. The first-order chi connectivity index (χ1) is 5.41. The predicted octanol–water partition coefficient (Wildman–Crippen LogP) is 2.88. The third kappa shape index (κ3) is 9.18. The number of nitrogens with zero attached hydrogens (tertiary/aromatic N) is 1. The Kier molecular flexibility index (Phi) is 8.50. The van der Waals surface area contributed by atoms with Crippen LogP contribution in [0.2, 0.25) is 0 Å². The van der Waals surface area contributed by atoms with Crippen molar-refractivity contribution < 1.29 is 0 Å². The molecule has 1 rings (SSSR count). The van der Waals surface area contributed by atoms with Crippen LogP contribution in [0.15, 0.2) is 42.7 Å². The molecule has 1 nitrogen and oxygen atoms in total. The van der Waals surface area contributed by atoms with Gasteiger partial charge in [-0.2, -0.15) is 0 Å². The van der Waals surface area contributed by atoms with E-state index < -0.39 is 0 Å². The van der Waals surface area contributed by atoms with E-state index in [-0.39, 0.29) is 0 Å². The summed E-state index contributed by atoms with van der Waals surface area (Å²) in [6, 6.07) is 5.72. The second-order valence-electron chi connectivity index (χ2n) is 1.75. The van der Waals surface area contributed by atoms with Crippen LogP contribution in [0.4, 0.5) is 0 Å². The average molecular weight is 170 g/mol. The van der Waals surface area contributed by atoms with Gasteiger partial charge in [0.2, 0.25) is 0 Å². The second kappa shape index (κ2) is 9.18. The lowest BCUT2D eigenvalue weighted by molar-refractivity contribution is 1.33. The van der Waals surface area contributed by atoms with Gasteiger partial charge in [-0.05, 0) is 19.1 Å². The number of pyridine rings is 1. The fourth-order valence-electron chi connectivity index (χ4n) is 0.402. The van der Waals surface area contributed by atoms with Gasteiger partial charge in [0.25, 0.3) is 0 Å². The molecule has 0 bridgehead atoms. The van der Waals surface area contributed by atoms with E-state index in [1.165, 1.54) is 0 Å². The summed E-state index contributed by atoms with van der Waals surface area (Å²) < 4.78 is 0. The summed E-state index contributed by atoms with van der Waals surface area (Å²) in [5, 5.41) is 0. The van der Waals surface area contributed by atoms with Crippen LogP contribution in [-0.4, -0.2) is 10.9 Å². The molecule has 0 aliphatic heterocycles.